The average Bonchev–Trinajstić information content (AvgIpc) is 2.99. The highest BCUT2D eigenvalue weighted by Crippen LogP contribution is 2.40. The number of amides is 1. The molecule has 0 aliphatic rings. The molecule has 0 bridgehead atoms. The molecular weight excluding hydrogens is 564 g/mol. The maximum Gasteiger partial charge on any atom is 0.252 e. The topological polar surface area (TPSA) is 139 Å². The third-order valence-electron chi connectivity index (χ3n) is 7.72. The van der Waals surface area contributed by atoms with Gasteiger partial charge in [-0.3, -0.25) is 9.52 Å². The van der Waals surface area contributed by atoms with Gasteiger partial charge in [-0.25, -0.2) is 8.42 Å². The van der Waals surface area contributed by atoms with Crippen molar-refractivity contribution in [1.82, 2.24) is 0 Å². The molecule has 5 N–H and O–H groups in total. The molecule has 0 unspecified atom stereocenters. The number of benzene rings is 3. The van der Waals surface area contributed by atoms with Gasteiger partial charge >= 0.3 is 0 Å². The van der Waals surface area contributed by atoms with Crippen LogP contribution < -0.4 is 15.2 Å². The van der Waals surface area contributed by atoms with Crippen LogP contribution >= 0.6 is 0 Å². The zero-order chi connectivity index (χ0) is 31.1. The normalized spacial score (nSPS) is 11.6. The van der Waals surface area contributed by atoms with Crippen molar-refractivity contribution >= 4 is 32.4 Å². The van der Waals surface area contributed by atoms with E-state index in [9.17, 15) is 23.4 Å². The van der Waals surface area contributed by atoms with Crippen LogP contribution in [0.3, 0.4) is 0 Å². The van der Waals surface area contributed by atoms with Gasteiger partial charge in [0.05, 0.1) is 23.6 Å². The number of sulfonamides is 1. The second-order valence-electron chi connectivity index (χ2n) is 11.3. The zero-order valence-electron chi connectivity index (χ0n) is 25.4. The molecule has 236 valence electrons. The van der Waals surface area contributed by atoms with E-state index in [1.807, 2.05) is 0 Å². The number of aliphatic hydroxyl groups excluding tert-OH is 1. The SMILES string of the molecule is CCCCCCCCCCCCCCCCS(=O)(=O)Nc1cc(CO)ccc1Oc1cc(C(N)=O)c(O)c2ccccc12. The molecule has 0 saturated carbocycles. The van der Waals surface area contributed by atoms with Crippen molar-refractivity contribution in [2.24, 2.45) is 5.73 Å². The van der Waals surface area contributed by atoms with Crippen molar-refractivity contribution in [1.29, 1.82) is 0 Å². The van der Waals surface area contributed by atoms with Crippen LogP contribution in [-0.2, 0) is 16.6 Å². The second-order valence-corrected chi connectivity index (χ2v) is 13.1. The number of ether oxygens (including phenoxy) is 1. The van der Waals surface area contributed by atoms with Gasteiger partial charge in [0.15, 0.2) is 5.75 Å². The van der Waals surface area contributed by atoms with Gasteiger partial charge in [0.2, 0.25) is 10.0 Å². The summed E-state index contributed by atoms with van der Waals surface area (Å²) in [5.41, 5.74) is 6.05. The lowest BCUT2D eigenvalue weighted by Gasteiger charge is -2.17. The molecular formula is C34H48N2O6S. The molecule has 0 heterocycles. The fraction of sp³-hybridized carbons (Fsp3) is 0.500. The summed E-state index contributed by atoms with van der Waals surface area (Å²) < 4.78 is 34.7. The zero-order valence-corrected chi connectivity index (χ0v) is 26.3. The Hall–Kier alpha value is -3.30. The van der Waals surface area contributed by atoms with Gasteiger partial charge in [0.1, 0.15) is 11.5 Å². The van der Waals surface area contributed by atoms with E-state index in [0.717, 1.165) is 19.3 Å². The third-order valence-corrected chi connectivity index (χ3v) is 9.08. The van der Waals surface area contributed by atoms with Crippen molar-refractivity contribution < 1.29 is 28.2 Å². The molecule has 8 nitrogen and oxygen atoms in total. The molecule has 3 rings (SSSR count). The minimum atomic E-state index is -3.69. The van der Waals surface area contributed by atoms with Crippen molar-refractivity contribution in [3.8, 4) is 17.2 Å². The standard InChI is InChI=1S/C34H48N2O6S/c1-2-3-4-5-6-7-8-9-10-11-12-13-14-17-22-43(40,41)36-30-23-26(25-37)20-21-31(30)42-32-24-29(34(35)39)33(38)28-19-16-15-18-27(28)32/h15-16,18-21,23-24,36-38H,2-14,17,22,25H2,1H3,(H2,35,39). The number of hydrogen-bond acceptors (Lipinski definition) is 6. The van der Waals surface area contributed by atoms with Crippen molar-refractivity contribution in [3.63, 3.8) is 0 Å². The summed E-state index contributed by atoms with van der Waals surface area (Å²) >= 11 is 0. The van der Waals surface area contributed by atoms with Crippen LogP contribution in [0.4, 0.5) is 5.69 Å². The first-order valence-corrected chi connectivity index (χ1v) is 17.4. The highest BCUT2D eigenvalue weighted by atomic mass is 32.2. The molecule has 1 amide bonds. The van der Waals surface area contributed by atoms with Crippen LogP contribution in [0.25, 0.3) is 10.8 Å². The summed E-state index contributed by atoms with van der Waals surface area (Å²) in [6, 6.07) is 12.9. The number of carbonyl (C=O) groups is 1. The first kappa shape index (κ1) is 34.2. The summed E-state index contributed by atoms with van der Waals surface area (Å²) in [5.74, 6) is -0.681. The van der Waals surface area contributed by atoms with Crippen LogP contribution in [0.2, 0.25) is 0 Å². The van der Waals surface area contributed by atoms with Gasteiger partial charge in [-0.05, 0) is 30.2 Å². The van der Waals surface area contributed by atoms with Crippen molar-refractivity contribution in [2.45, 2.75) is 103 Å². The molecule has 0 saturated heterocycles. The van der Waals surface area contributed by atoms with Crippen LogP contribution in [-0.4, -0.2) is 30.3 Å². The number of rotatable bonds is 21. The van der Waals surface area contributed by atoms with Gasteiger partial charge in [-0.1, -0.05) is 121 Å². The largest absolute Gasteiger partial charge is 0.506 e. The summed E-state index contributed by atoms with van der Waals surface area (Å²) in [6.07, 6.45) is 16.6. The van der Waals surface area contributed by atoms with Gasteiger partial charge in [0.25, 0.3) is 5.91 Å². The average molecular weight is 613 g/mol. The van der Waals surface area contributed by atoms with Crippen LogP contribution in [0.1, 0.15) is 113 Å². The molecule has 0 atom stereocenters. The third kappa shape index (κ3) is 11.0. The van der Waals surface area contributed by atoms with E-state index >= 15 is 0 Å². The highest BCUT2D eigenvalue weighted by Gasteiger charge is 2.19. The van der Waals surface area contributed by atoms with Crippen molar-refractivity contribution in [2.75, 3.05) is 10.5 Å². The first-order valence-electron chi connectivity index (χ1n) is 15.7. The summed E-state index contributed by atoms with van der Waals surface area (Å²) in [6.45, 7) is 1.97. The highest BCUT2D eigenvalue weighted by molar-refractivity contribution is 7.92. The summed E-state index contributed by atoms with van der Waals surface area (Å²) in [5, 5.41) is 21.1. The van der Waals surface area contributed by atoms with Crippen LogP contribution in [0, 0.1) is 0 Å². The molecule has 0 aliphatic carbocycles. The lowest BCUT2D eigenvalue weighted by atomic mass is 10.0. The number of aliphatic hydroxyl groups is 1. The Morgan fingerprint density at radius 1 is 0.791 bits per heavy atom. The second kappa shape index (κ2) is 17.7. The fourth-order valence-corrected chi connectivity index (χ4v) is 6.45. The number of phenols is 1. The minimum absolute atomic E-state index is 0.0260. The molecule has 3 aromatic rings. The predicted octanol–water partition coefficient (Wildman–Crippen LogP) is 8.15. The Labute approximate surface area is 256 Å². The number of nitrogens with one attached hydrogen (secondary N) is 1. The minimum Gasteiger partial charge on any atom is -0.506 e. The van der Waals surface area contributed by atoms with E-state index in [1.165, 1.54) is 76.3 Å². The number of nitrogens with two attached hydrogens (primary N) is 1. The van der Waals surface area contributed by atoms with E-state index in [2.05, 4.69) is 11.6 Å². The molecule has 0 fully saturated rings. The predicted molar refractivity (Wildman–Crippen MR) is 174 cm³/mol. The molecule has 0 radical (unpaired) electrons. The molecule has 9 heteroatoms. The van der Waals surface area contributed by atoms with Gasteiger partial charge < -0.3 is 20.7 Å². The Kier molecular flexibility index (Phi) is 14.1. The fourth-order valence-electron chi connectivity index (χ4n) is 5.27. The van der Waals surface area contributed by atoms with Gasteiger partial charge in [0, 0.05) is 10.8 Å². The lowest BCUT2D eigenvalue weighted by molar-refractivity contribution is 0.0997. The number of unbranched alkanes of at least 4 members (excludes halogenated alkanes) is 13. The van der Waals surface area contributed by atoms with Crippen LogP contribution in [0.15, 0.2) is 48.5 Å². The summed E-state index contributed by atoms with van der Waals surface area (Å²) in [7, 11) is -3.69. The van der Waals surface area contributed by atoms with E-state index in [-0.39, 0.29) is 40.9 Å². The quantitative estimate of drug-likeness (QED) is 0.0895. The Bertz CT molecular complexity index is 1420. The Morgan fingerprint density at radius 2 is 1.35 bits per heavy atom. The summed E-state index contributed by atoms with van der Waals surface area (Å²) in [4.78, 5) is 12.0. The van der Waals surface area contributed by atoms with E-state index < -0.39 is 15.9 Å². The van der Waals surface area contributed by atoms with Gasteiger partial charge in [-0.15, -0.1) is 0 Å². The van der Waals surface area contributed by atoms with E-state index in [1.54, 1.807) is 36.4 Å². The maximum atomic E-state index is 13.0. The molecule has 0 aromatic heterocycles. The monoisotopic (exact) mass is 612 g/mol. The molecule has 0 spiro atoms. The maximum absolute atomic E-state index is 13.0. The smallest absolute Gasteiger partial charge is 0.252 e. The molecule has 0 aliphatic heterocycles. The van der Waals surface area contributed by atoms with Crippen molar-refractivity contribution in [3.05, 3.63) is 59.7 Å². The number of aromatic hydroxyl groups is 1. The van der Waals surface area contributed by atoms with E-state index in [4.69, 9.17) is 10.5 Å². The molecule has 3 aromatic carbocycles. The molecule has 43 heavy (non-hydrogen) atoms. The number of fused-ring (bicyclic) bond motifs is 1. The first-order chi connectivity index (χ1) is 20.8. The van der Waals surface area contributed by atoms with Crippen LogP contribution in [0.5, 0.6) is 17.2 Å². The number of hydrogen-bond donors (Lipinski definition) is 4. The number of carbonyl (C=O) groups excluding carboxylic acids is 1. The van der Waals surface area contributed by atoms with Gasteiger partial charge in [-0.2, -0.15) is 0 Å². The Balaban J connectivity index is 1.53. The number of primary amides is 1. The Morgan fingerprint density at radius 3 is 1.91 bits per heavy atom. The number of anilines is 1. The lowest BCUT2D eigenvalue weighted by Crippen LogP contribution is -2.17. The van der Waals surface area contributed by atoms with E-state index in [0.29, 0.717) is 22.8 Å².